The number of ether oxygens (including phenoxy) is 1. The first-order valence-electron chi connectivity index (χ1n) is 9.26. The van der Waals surface area contributed by atoms with Gasteiger partial charge in [-0.2, -0.15) is 0 Å². The summed E-state index contributed by atoms with van der Waals surface area (Å²) in [6.07, 6.45) is 5.38. The third-order valence-electron chi connectivity index (χ3n) is 5.01. The molecule has 4 nitrogen and oxygen atoms in total. The van der Waals surface area contributed by atoms with Gasteiger partial charge in [0.1, 0.15) is 11.5 Å². The molecule has 0 aliphatic heterocycles. The summed E-state index contributed by atoms with van der Waals surface area (Å²) in [6, 6.07) is 18.2. The first-order valence-corrected chi connectivity index (χ1v) is 9.26. The van der Waals surface area contributed by atoms with Crippen LogP contribution in [0.25, 0.3) is 0 Å². The number of hydrogen-bond donors (Lipinski definition) is 1. The van der Waals surface area contributed by atoms with Crippen molar-refractivity contribution >= 4 is 5.71 Å². The smallest absolute Gasteiger partial charge is 0.119 e. The highest BCUT2D eigenvalue weighted by Gasteiger charge is 2.28. The van der Waals surface area contributed by atoms with Gasteiger partial charge in [-0.1, -0.05) is 35.5 Å². The lowest BCUT2D eigenvalue weighted by Crippen LogP contribution is -2.08. The van der Waals surface area contributed by atoms with Crippen LogP contribution in [-0.2, 0) is 12.8 Å². The second-order valence-corrected chi connectivity index (χ2v) is 7.03. The molecule has 0 radical (unpaired) electrons. The molecule has 1 aliphatic rings. The Bertz CT molecular complexity index is 939. The summed E-state index contributed by atoms with van der Waals surface area (Å²) in [7, 11) is 1.67. The standard InChI is InChI=1S/C23H23NO3/c1-26-19-9-10-21(22(14-19)18-7-8-18)23(24-25)13-17-12-20(27-15-17)11-16-5-3-2-4-6-16/h2-6,9-10,12,14-15,18,25H,7-8,11,13H2,1H3/b24-23+. The van der Waals surface area contributed by atoms with Crippen molar-refractivity contribution in [3.05, 3.63) is 88.9 Å². The van der Waals surface area contributed by atoms with Crippen LogP contribution < -0.4 is 4.74 Å². The number of benzene rings is 2. The van der Waals surface area contributed by atoms with Crippen molar-refractivity contribution < 1.29 is 14.4 Å². The van der Waals surface area contributed by atoms with Crippen molar-refractivity contribution in [2.75, 3.05) is 7.11 Å². The van der Waals surface area contributed by atoms with Crippen molar-refractivity contribution in [2.45, 2.75) is 31.6 Å². The van der Waals surface area contributed by atoms with Crippen molar-refractivity contribution in [2.24, 2.45) is 5.16 Å². The van der Waals surface area contributed by atoms with E-state index in [0.717, 1.165) is 29.1 Å². The topological polar surface area (TPSA) is 55.0 Å². The van der Waals surface area contributed by atoms with E-state index in [4.69, 9.17) is 9.15 Å². The lowest BCUT2D eigenvalue weighted by Gasteiger charge is -2.12. The predicted octanol–water partition coefficient (Wildman–Crippen LogP) is 5.18. The average Bonchev–Trinajstić information content (AvgIpc) is 3.47. The van der Waals surface area contributed by atoms with Gasteiger partial charge in [-0.3, -0.25) is 0 Å². The molecule has 138 valence electrons. The Morgan fingerprint density at radius 1 is 1.11 bits per heavy atom. The minimum absolute atomic E-state index is 0.529. The Morgan fingerprint density at radius 3 is 2.63 bits per heavy atom. The number of furan rings is 1. The zero-order valence-electron chi connectivity index (χ0n) is 15.4. The van der Waals surface area contributed by atoms with Crippen LogP contribution in [0.1, 0.15) is 46.8 Å². The van der Waals surface area contributed by atoms with E-state index in [1.807, 2.05) is 36.4 Å². The second kappa shape index (κ2) is 7.70. The SMILES string of the molecule is COc1ccc(/C(Cc2coc(Cc3ccccc3)c2)=N/O)c(C2CC2)c1. The minimum atomic E-state index is 0.529. The van der Waals surface area contributed by atoms with Crippen molar-refractivity contribution in [3.63, 3.8) is 0 Å². The molecule has 0 bridgehead atoms. The summed E-state index contributed by atoms with van der Waals surface area (Å²) in [5.41, 5.74) is 5.07. The van der Waals surface area contributed by atoms with E-state index in [2.05, 4.69) is 23.4 Å². The molecule has 0 atom stereocenters. The number of methoxy groups -OCH3 is 1. The third-order valence-corrected chi connectivity index (χ3v) is 5.01. The fourth-order valence-electron chi connectivity index (χ4n) is 3.45. The number of hydrogen-bond acceptors (Lipinski definition) is 4. The Hall–Kier alpha value is -3.01. The first-order chi connectivity index (χ1) is 13.3. The molecule has 0 spiro atoms. The molecular weight excluding hydrogens is 338 g/mol. The van der Waals surface area contributed by atoms with E-state index in [1.165, 1.54) is 24.0 Å². The zero-order valence-corrected chi connectivity index (χ0v) is 15.4. The highest BCUT2D eigenvalue weighted by atomic mass is 16.5. The zero-order chi connectivity index (χ0) is 18.6. The minimum Gasteiger partial charge on any atom is -0.497 e. The van der Waals surface area contributed by atoms with E-state index in [-0.39, 0.29) is 0 Å². The van der Waals surface area contributed by atoms with Gasteiger partial charge in [-0.05, 0) is 59.7 Å². The van der Waals surface area contributed by atoms with Crippen molar-refractivity contribution in [3.8, 4) is 5.75 Å². The molecule has 3 aromatic rings. The molecule has 0 amide bonds. The maximum atomic E-state index is 9.66. The Morgan fingerprint density at radius 2 is 1.93 bits per heavy atom. The largest absolute Gasteiger partial charge is 0.497 e. The summed E-state index contributed by atoms with van der Waals surface area (Å²) >= 11 is 0. The summed E-state index contributed by atoms with van der Waals surface area (Å²) < 4.78 is 11.1. The fourth-order valence-corrected chi connectivity index (χ4v) is 3.45. The van der Waals surface area contributed by atoms with Crippen LogP contribution in [0.5, 0.6) is 5.75 Å². The van der Waals surface area contributed by atoms with Crippen LogP contribution in [-0.4, -0.2) is 18.0 Å². The third kappa shape index (κ3) is 4.05. The van der Waals surface area contributed by atoms with Gasteiger partial charge in [0.2, 0.25) is 0 Å². The normalized spacial score (nSPS) is 14.3. The van der Waals surface area contributed by atoms with Crippen molar-refractivity contribution in [1.29, 1.82) is 0 Å². The van der Waals surface area contributed by atoms with Crippen molar-refractivity contribution in [1.82, 2.24) is 0 Å². The van der Waals surface area contributed by atoms with E-state index in [1.54, 1.807) is 13.4 Å². The summed E-state index contributed by atoms with van der Waals surface area (Å²) in [5, 5.41) is 13.3. The second-order valence-electron chi connectivity index (χ2n) is 7.03. The lowest BCUT2D eigenvalue weighted by molar-refractivity contribution is 0.318. The number of rotatable bonds is 7. The quantitative estimate of drug-likeness (QED) is 0.358. The molecule has 0 unspecified atom stereocenters. The monoisotopic (exact) mass is 361 g/mol. The van der Waals surface area contributed by atoms with E-state index in [9.17, 15) is 5.21 Å². The van der Waals surface area contributed by atoms with Gasteiger partial charge in [-0.15, -0.1) is 0 Å². The molecular formula is C23H23NO3. The summed E-state index contributed by atoms with van der Waals surface area (Å²) in [4.78, 5) is 0. The molecule has 1 heterocycles. The van der Waals surface area contributed by atoms with Gasteiger partial charge >= 0.3 is 0 Å². The molecule has 27 heavy (non-hydrogen) atoms. The fraction of sp³-hybridized carbons (Fsp3) is 0.261. The molecule has 1 aromatic heterocycles. The Labute approximate surface area is 159 Å². The Balaban J connectivity index is 1.53. The lowest BCUT2D eigenvalue weighted by atomic mass is 9.95. The summed E-state index contributed by atoms with van der Waals surface area (Å²) in [6.45, 7) is 0. The van der Waals surface area contributed by atoms with E-state index >= 15 is 0 Å². The van der Waals surface area contributed by atoms with Crippen LogP contribution >= 0.6 is 0 Å². The van der Waals surface area contributed by atoms with E-state index < -0.39 is 0 Å². The molecule has 2 aromatic carbocycles. The highest BCUT2D eigenvalue weighted by molar-refractivity contribution is 6.03. The molecule has 4 heteroatoms. The first kappa shape index (κ1) is 17.4. The molecule has 0 saturated heterocycles. The van der Waals surface area contributed by atoms with Gasteiger partial charge in [0.25, 0.3) is 0 Å². The van der Waals surface area contributed by atoms with Crippen LogP contribution in [0, 0.1) is 0 Å². The molecule has 1 saturated carbocycles. The number of oxime groups is 1. The molecule has 1 N–H and O–H groups in total. The van der Waals surface area contributed by atoms with Crippen LogP contribution in [0.2, 0.25) is 0 Å². The molecule has 1 fully saturated rings. The van der Waals surface area contributed by atoms with Crippen LogP contribution in [0.3, 0.4) is 0 Å². The van der Waals surface area contributed by atoms with Gasteiger partial charge < -0.3 is 14.4 Å². The van der Waals surface area contributed by atoms with Crippen LogP contribution in [0.15, 0.2) is 70.4 Å². The summed E-state index contributed by atoms with van der Waals surface area (Å²) in [5.74, 6) is 2.28. The molecule has 4 rings (SSSR count). The Kier molecular flexibility index (Phi) is 4.97. The maximum absolute atomic E-state index is 9.66. The van der Waals surface area contributed by atoms with E-state index in [0.29, 0.717) is 18.1 Å². The number of nitrogens with zero attached hydrogens (tertiary/aromatic N) is 1. The van der Waals surface area contributed by atoms with Gasteiger partial charge in [0.05, 0.1) is 19.1 Å². The highest BCUT2D eigenvalue weighted by Crippen LogP contribution is 2.43. The van der Waals surface area contributed by atoms with Gasteiger partial charge in [-0.25, -0.2) is 0 Å². The van der Waals surface area contributed by atoms with Gasteiger partial charge in [0, 0.05) is 18.4 Å². The van der Waals surface area contributed by atoms with Gasteiger partial charge in [0.15, 0.2) is 0 Å². The maximum Gasteiger partial charge on any atom is 0.119 e. The van der Waals surface area contributed by atoms with Crippen LogP contribution in [0.4, 0.5) is 0 Å². The predicted molar refractivity (Wildman–Crippen MR) is 105 cm³/mol. The molecule has 1 aliphatic carbocycles. The average molecular weight is 361 g/mol.